The molecule has 1 rings (SSSR count). The highest BCUT2D eigenvalue weighted by atomic mass is 16.4. The lowest BCUT2D eigenvalue weighted by molar-refractivity contribution is -0.141. The molecule has 0 aliphatic carbocycles. The van der Waals surface area contributed by atoms with Crippen molar-refractivity contribution in [2.75, 3.05) is 6.54 Å². The molecule has 0 saturated heterocycles. The number of nitrogens with one attached hydrogen (secondary N) is 1. The van der Waals surface area contributed by atoms with Crippen LogP contribution in [0, 0.1) is 19.8 Å². The Morgan fingerprint density at radius 2 is 2.05 bits per heavy atom. The van der Waals surface area contributed by atoms with Crippen molar-refractivity contribution >= 4 is 11.9 Å². The number of nitrogens with zero attached hydrogens (tertiary/aromatic N) is 2. The van der Waals surface area contributed by atoms with E-state index >= 15 is 0 Å². The van der Waals surface area contributed by atoms with E-state index in [1.54, 1.807) is 25.6 Å². The summed E-state index contributed by atoms with van der Waals surface area (Å²) in [7, 11) is 1.80. The maximum absolute atomic E-state index is 12.0. The summed E-state index contributed by atoms with van der Waals surface area (Å²) in [5.41, 5.74) is 2.14. The highest BCUT2D eigenvalue weighted by Gasteiger charge is 2.17. The molecule has 106 valence electrons. The molecule has 1 aromatic heterocycles. The zero-order chi connectivity index (χ0) is 14.6. The molecule has 0 aliphatic rings. The van der Waals surface area contributed by atoms with E-state index in [1.165, 1.54) is 0 Å². The van der Waals surface area contributed by atoms with Gasteiger partial charge in [-0.2, -0.15) is 5.10 Å². The molecule has 1 amide bonds. The largest absolute Gasteiger partial charge is 0.481 e. The van der Waals surface area contributed by atoms with E-state index in [9.17, 15) is 9.59 Å². The molecule has 6 nitrogen and oxygen atoms in total. The average molecular weight is 267 g/mol. The second kappa shape index (κ2) is 6.36. The number of carbonyl (C=O) groups excluding carboxylic acids is 1. The summed E-state index contributed by atoms with van der Waals surface area (Å²) in [6.45, 7) is 5.79. The van der Waals surface area contributed by atoms with E-state index in [1.807, 2.05) is 6.92 Å². The van der Waals surface area contributed by atoms with Gasteiger partial charge >= 0.3 is 5.97 Å². The van der Waals surface area contributed by atoms with Gasteiger partial charge in [0.25, 0.3) is 5.91 Å². The van der Waals surface area contributed by atoms with Gasteiger partial charge in [-0.25, -0.2) is 0 Å². The molecule has 0 aromatic carbocycles. The zero-order valence-corrected chi connectivity index (χ0v) is 11.9. The SMILES string of the molecule is Cc1nn(C)c(C)c1C(=O)NCCCC(C)C(=O)O. The molecule has 1 aromatic rings. The number of aryl methyl sites for hydroxylation is 2. The van der Waals surface area contributed by atoms with Crippen LogP contribution in [0.25, 0.3) is 0 Å². The van der Waals surface area contributed by atoms with E-state index in [0.717, 1.165) is 5.69 Å². The lowest BCUT2D eigenvalue weighted by Gasteiger charge is -2.07. The van der Waals surface area contributed by atoms with Gasteiger partial charge in [-0.3, -0.25) is 14.3 Å². The lowest BCUT2D eigenvalue weighted by Crippen LogP contribution is -2.26. The molecule has 0 bridgehead atoms. The first kappa shape index (κ1) is 15.2. The predicted molar refractivity (Wildman–Crippen MR) is 71.0 cm³/mol. The van der Waals surface area contributed by atoms with Gasteiger partial charge in [0.15, 0.2) is 0 Å². The number of carboxylic acids is 1. The topological polar surface area (TPSA) is 84.2 Å². The molecule has 0 fully saturated rings. The molecular formula is C13H21N3O3. The second-order valence-corrected chi connectivity index (χ2v) is 4.81. The lowest BCUT2D eigenvalue weighted by atomic mass is 10.1. The van der Waals surface area contributed by atoms with Gasteiger partial charge in [0.1, 0.15) is 0 Å². The fourth-order valence-electron chi connectivity index (χ4n) is 1.92. The number of carboxylic acid groups (broad SMARTS) is 1. The predicted octanol–water partition coefficient (Wildman–Crippen LogP) is 1.27. The molecule has 0 radical (unpaired) electrons. The van der Waals surface area contributed by atoms with Crippen LogP contribution in [0.3, 0.4) is 0 Å². The second-order valence-electron chi connectivity index (χ2n) is 4.81. The first-order valence-corrected chi connectivity index (χ1v) is 6.35. The molecule has 1 unspecified atom stereocenters. The third-order valence-electron chi connectivity index (χ3n) is 3.26. The first-order valence-electron chi connectivity index (χ1n) is 6.35. The van der Waals surface area contributed by atoms with E-state index in [2.05, 4.69) is 10.4 Å². The van der Waals surface area contributed by atoms with Crippen LogP contribution in [0.1, 0.15) is 41.5 Å². The van der Waals surface area contributed by atoms with Crippen molar-refractivity contribution in [3.05, 3.63) is 17.0 Å². The number of rotatable bonds is 6. The fourth-order valence-corrected chi connectivity index (χ4v) is 1.92. The minimum Gasteiger partial charge on any atom is -0.481 e. The summed E-state index contributed by atoms with van der Waals surface area (Å²) in [5.74, 6) is -1.32. The third kappa shape index (κ3) is 3.81. The normalized spacial score (nSPS) is 12.2. The monoisotopic (exact) mass is 267 g/mol. The van der Waals surface area contributed by atoms with E-state index in [0.29, 0.717) is 30.6 Å². The third-order valence-corrected chi connectivity index (χ3v) is 3.26. The van der Waals surface area contributed by atoms with E-state index < -0.39 is 5.97 Å². The standard InChI is InChI=1S/C13H21N3O3/c1-8(13(18)19)6-5-7-14-12(17)11-9(2)15-16(4)10(11)3/h8H,5-7H2,1-4H3,(H,14,17)(H,18,19). The van der Waals surface area contributed by atoms with Crippen LogP contribution in [0.15, 0.2) is 0 Å². The van der Waals surface area contributed by atoms with Crippen molar-refractivity contribution in [2.24, 2.45) is 13.0 Å². The maximum atomic E-state index is 12.0. The Hall–Kier alpha value is -1.85. The Morgan fingerprint density at radius 1 is 1.42 bits per heavy atom. The molecule has 19 heavy (non-hydrogen) atoms. The Morgan fingerprint density at radius 3 is 2.53 bits per heavy atom. The van der Waals surface area contributed by atoms with E-state index in [-0.39, 0.29) is 11.8 Å². The van der Waals surface area contributed by atoms with Crippen molar-refractivity contribution < 1.29 is 14.7 Å². The Kier molecular flexibility index (Phi) is 5.09. The Labute approximate surface area is 112 Å². The van der Waals surface area contributed by atoms with Gasteiger partial charge in [0, 0.05) is 19.3 Å². The summed E-state index contributed by atoms with van der Waals surface area (Å²) < 4.78 is 1.68. The molecule has 1 heterocycles. The molecule has 0 saturated carbocycles. The minimum atomic E-state index is -0.801. The highest BCUT2D eigenvalue weighted by Crippen LogP contribution is 2.11. The van der Waals surface area contributed by atoms with Gasteiger partial charge in [-0.15, -0.1) is 0 Å². The number of carbonyl (C=O) groups is 2. The zero-order valence-electron chi connectivity index (χ0n) is 11.9. The molecule has 6 heteroatoms. The quantitative estimate of drug-likeness (QED) is 0.760. The summed E-state index contributed by atoms with van der Waals surface area (Å²) in [6, 6.07) is 0. The van der Waals surface area contributed by atoms with Crippen LogP contribution >= 0.6 is 0 Å². The summed E-state index contributed by atoms with van der Waals surface area (Å²) >= 11 is 0. The Balaban J connectivity index is 2.46. The van der Waals surface area contributed by atoms with Crippen LogP contribution < -0.4 is 5.32 Å². The molecule has 0 spiro atoms. The number of amides is 1. The van der Waals surface area contributed by atoms with Gasteiger partial charge in [-0.05, 0) is 26.7 Å². The highest BCUT2D eigenvalue weighted by molar-refractivity contribution is 5.96. The van der Waals surface area contributed by atoms with Crippen molar-refractivity contribution in [3.8, 4) is 0 Å². The van der Waals surface area contributed by atoms with E-state index in [4.69, 9.17) is 5.11 Å². The van der Waals surface area contributed by atoms with Crippen LogP contribution in [0.5, 0.6) is 0 Å². The average Bonchev–Trinajstić information content (AvgIpc) is 2.58. The summed E-state index contributed by atoms with van der Waals surface area (Å²) in [6.07, 6.45) is 1.21. The fraction of sp³-hybridized carbons (Fsp3) is 0.615. The minimum absolute atomic E-state index is 0.147. The molecule has 2 N–H and O–H groups in total. The van der Waals surface area contributed by atoms with Gasteiger partial charge in [0.2, 0.25) is 0 Å². The number of hydrogen-bond donors (Lipinski definition) is 2. The number of aliphatic carboxylic acids is 1. The smallest absolute Gasteiger partial charge is 0.306 e. The van der Waals surface area contributed by atoms with Crippen molar-refractivity contribution in [2.45, 2.75) is 33.6 Å². The van der Waals surface area contributed by atoms with Crippen LogP contribution in [0.2, 0.25) is 0 Å². The molecule has 1 atom stereocenters. The van der Waals surface area contributed by atoms with Crippen LogP contribution in [0.4, 0.5) is 0 Å². The summed E-state index contributed by atoms with van der Waals surface area (Å²) in [5, 5.41) is 15.7. The number of aromatic nitrogens is 2. The van der Waals surface area contributed by atoms with Crippen molar-refractivity contribution in [1.82, 2.24) is 15.1 Å². The van der Waals surface area contributed by atoms with Crippen LogP contribution in [-0.4, -0.2) is 33.3 Å². The first-order chi connectivity index (χ1) is 8.84. The Bertz CT molecular complexity index is 480. The van der Waals surface area contributed by atoms with Crippen LogP contribution in [-0.2, 0) is 11.8 Å². The maximum Gasteiger partial charge on any atom is 0.306 e. The van der Waals surface area contributed by atoms with Gasteiger partial charge < -0.3 is 10.4 Å². The molecule has 0 aliphatic heterocycles. The number of hydrogen-bond acceptors (Lipinski definition) is 3. The van der Waals surface area contributed by atoms with Gasteiger partial charge in [-0.1, -0.05) is 6.92 Å². The van der Waals surface area contributed by atoms with Gasteiger partial charge in [0.05, 0.1) is 17.2 Å². The summed E-state index contributed by atoms with van der Waals surface area (Å²) in [4.78, 5) is 22.6. The van der Waals surface area contributed by atoms with Crippen molar-refractivity contribution in [3.63, 3.8) is 0 Å². The molecular weight excluding hydrogens is 246 g/mol. The van der Waals surface area contributed by atoms with Crippen molar-refractivity contribution in [1.29, 1.82) is 0 Å².